The van der Waals surface area contributed by atoms with Crippen molar-refractivity contribution in [3.63, 3.8) is 0 Å². The molecular weight excluding hydrogens is 234 g/mol. The Hall–Kier alpha value is -1.51. The number of halogens is 1. The normalized spacial score (nSPS) is 11.5. The lowest BCUT2D eigenvalue weighted by molar-refractivity contribution is 0.551. The number of furan rings is 1. The summed E-state index contributed by atoms with van der Waals surface area (Å²) in [4.78, 5) is 0. The fourth-order valence-corrected chi connectivity index (χ4v) is 2.51. The smallest absolute Gasteiger partial charge is 0.142 e. The number of hydrogen-bond donors (Lipinski definition) is 1. The predicted octanol–water partition coefficient (Wildman–Crippen LogP) is 4.01. The maximum absolute atomic E-state index is 6.29. The molecule has 0 radical (unpaired) electrons. The summed E-state index contributed by atoms with van der Waals surface area (Å²) in [7, 11) is 0. The standard InChI is InChI=1S/C14H12ClNO/c1-8-11-6-12(15)9-4-2-3-5-10(9)14(11)17-13(8)7-16/h2-6H,7,16H2,1H3. The highest BCUT2D eigenvalue weighted by molar-refractivity contribution is 6.37. The molecule has 86 valence electrons. The minimum absolute atomic E-state index is 0.409. The lowest BCUT2D eigenvalue weighted by Gasteiger charge is -2.01. The van der Waals surface area contributed by atoms with E-state index in [-0.39, 0.29) is 0 Å². The number of aryl methyl sites for hydroxylation is 1. The first kappa shape index (κ1) is 10.6. The number of benzene rings is 2. The van der Waals surface area contributed by atoms with Gasteiger partial charge in [0, 0.05) is 21.2 Å². The second kappa shape index (κ2) is 3.76. The van der Waals surface area contributed by atoms with E-state index in [2.05, 4.69) is 0 Å². The van der Waals surface area contributed by atoms with E-state index in [1.807, 2.05) is 37.3 Å². The fraction of sp³-hybridized carbons (Fsp3) is 0.143. The van der Waals surface area contributed by atoms with Crippen molar-refractivity contribution in [2.75, 3.05) is 0 Å². The molecule has 2 nitrogen and oxygen atoms in total. The molecule has 0 saturated heterocycles. The molecule has 0 bridgehead atoms. The third-order valence-electron chi connectivity index (χ3n) is 3.18. The summed E-state index contributed by atoms with van der Waals surface area (Å²) in [6, 6.07) is 9.93. The molecule has 17 heavy (non-hydrogen) atoms. The first-order valence-electron chi connectivity index (χ1n) is 5.51. The molecule has 0 unspecified atom stereocenters. The van der Waals surface area contributed by atoms with Crippen LogP contribution in [0.15, 0.2) is 34.7 Å². The summed E-state index contributed by atoms with van der Waals surface area (Å²) in [6.45, 7) is 2.42. The second-order valence-electron chi connectivity index (χ2n) is 4.14. The zero-order valence-corrected chi connectivity index (χ0v) is 10.2. The summed E-state index contributed by atoms with van der Waals surface area (Å²) in [5.74, 6) is 0.826. The summed E-state index contributed by atoms with van der Waals surface area (Å²) in [5.41, 5.74) is 7.63. The number of nitrogens with two attached hydrogens (primary N) is 1. The highest BCUT2D eigenvalue weighted by Crippen LogP contribution is 2.35. The molecule has 3 aromatic rings. The Kier molecular flexibility index (Phi) is 2.35. The largest absolute Gasteiger partial charge is 0.459 e. The van der Waals surface area contributed by atoms with Gasteiger partial charge in [-0.1, -0.05) is 35.9 Å². The van der Waals surface area contributed by atoms with Crippen molar-refractivity contribution in [1.82, 2.24) is 0 Å². The molecule has 0 aliphatic carbocycles. The monoisotopic (exact) mass is 245 g/mol. The molecule has 3 heteroatoms. The average molecular weight is 246 g/mol. The lowest BCUT2D eigenvalue weighted by atomic mass is 10.1. The van der Waals surface area contributed by atoms with Crippen LogP contribution in [0.25, 0.3) is 21.7 Å². The molecule has 0 atom stereocenters. The van der Waals surface area contributed by atoms with E-state index in [0.717, 1.165) is 38.1 Å². The Balaban J connectivity index is 2.56. The van der Waals surface area contributed by atoms with Crippen LogP contribution in [-0.2, 0) is 6.54 Å². The van der Waals surface area contributed by atoms with Crippen LogP contribution < -0.4 is 5.73 Å². The minimum Gasteiger partial charge on any atom is -0.459 e. The van der Waals surface area contributed by atoms with Crippen LogP contribution in [0, 0.1) is 6.92 Å². The van der Waals surface area contributed by atoms with Crippen molar-refractivity contribution >= 4 is 33.3 Å². The topological polar surface area (TPSA) is 39.2 Å². The molecule has 0 aliphatic rings. The highest BCUT2D eigenvalue weighted by atomic mass is 35.5. The van der Waals surface area contributed by atoms with Crippen LogP contribution in [0.3, 0.4) is 0 Å². The van der Waals surface area contributed by atoms with Gasteiger partial charge in [-0.25, -0.2) is 0 Å². The maximum Gasteiger partial charge on any atom is 0.142 e. The van der Waals surface area contributed by atoms with Gasteiger partial charge in [0.05, 0.1) is 6.54 Å². The molecule has 0 fully saturated rings. The van der Waals surface area contributed by atoms with Crippen molar-refractivity contribution in [2.45, 2.75) is 13.5 Å². The molecule has 0 aliphatic heterocycles. The highest BCUT2D eigenvalue weighted by Gasteiger charge is 2.13. The minimum atomic E-state index is 0.409. The van der Waals surface area contributed by atoms with Gasteiger partial charge in [-0.05, 0) is 18.6 Å². The Labute approximate surface area is 104 Å². The zero-order valence-electron chi connectivity index (χ0n) is 9.46. The van der Waals surface area contributed by atoms with Gasteiger partial charge in [0.25, 0.3) is 0 Å². The van der Waals surface area contributed by atoms with E-state index in [4.69, 9.17) is 21.8 Å². The van der Waals surface area contributed by atoms with E-state index in [1.165, 1.54) is 0 Å². The molecule has 0 spiro atoms. The molecule has 0 saturated carbocycles. The number of hydrogen-bond acceptors (Lipinski definition) is 2. The first-order chi connectivity index (χ1) is 8.22. The van der Waals surface area contributed by atoms with Crippen LogP contribution in [0.2, 0.25) is 5.02 Å². The third-order valence-corrected chi connectivity index (χ3v) is 3.49. The van der Waals surface area contributed by atoms with Gasteiger partial charge in [-0.2, -0.15) is 0 Å². The number of fused-ring (bicyclic) bond motifs is 3. The third kappa shape index (κ3) is 1.45. The van der Waals surface area contributed by atoms with E-state index in [9.17, 15) is 0 Å². The molecule has 3 rings (SSSR count). The van der Waals surface area contributed by atoms with Crippen LogP contribution in [0.5, 0.6) is 0 Å². The maximum atomic E-state index is 6.29. The molecule has 1 heterocycles. The van der Waals surface area contributed by atoms with Crippen molar-refractivity contribution in [3.8, 4) is 0 Å². The second-order valence-corrected chi connectivity index (χ2v) is 4.54. The first-order valence-corrected chi connectivity index (χ1v) is 5.89. The average Bonchev–Trinajstić information content (AvgIpc) is 2.67. The van der Waals surface area contributed by atoms with Gasteiger partial charge < -0.3 is 10.2 Å². The van der Waals surface area contributed by atoms with Gasteiger partial charge in [0.15, 0.2) is 0 Å². The molecular formula is C14H12ClNO. The quantitative estimate of drug-likeness (QED) is 0.704. The fourth-order valence-electron chi connectivity index (χ4n) is 2.24. The molecule has 1 aromatic heterocycles. The summed E-state index contributed by atoms with van der Waals surface area (Å²) >= 11 is 6.29. The van der Waals surface area contributed by atoms with Gasteiger partial charge in [-0.15, -0.1) is 0 Å². The van der Waals surface area contributed by atoms with E-state index in [1.54, 1.807) is 0 Å². The van der Waals surface area contributed by atoms with Crippen LogP contribution in [-0.4, -0.2) is 0 Å². The molecule has 2 aromatic carbocycles. The van der Waals surface area contributed by atoms with Gasteiger partial charge in [0.2, 0.25) is 0 Å². The Morgan fingerprint density at radius 3 is 2.59 bits per heavy atom. The Morgan fingerprint density at radius 1 is 1.18 bits per heavy atom. The van der Waals surface area contributed by atoms with Crippen LogP contribution in [0.4, 0.5) is 0 Å². The van der Waals surface area contributed by atoms with Gasteiger partial charge >= 0.3 is 0 Å². The van der Waals surface area contributed by atoms with Crippen molar-refractivity contribution in [3.05, 3.63) is 46.7 Å². The van der Waals surface area contributed by atoms with E-state index < -0.39 is 0 Å². The van der Waals surface area contributed by atoms with Crippen molar-refractivity contribution < 1.29 is 4.42 Å². The van der Waals surface area contributed by atoms with E-state index in [0.29, 0.717) is 6.54 Å². The van der Waals surface area contributed by atoms with Crippen LogP contribution in [0.1, 0.15) is 11.3 Å². The summed E-state index contributed by atoms with van der Waals surface area (Å²) in [5, 5.41) is 3.85. The zero-order chi connectivity index (χ0) is 12.0. The lowest BCUT2D eigenvalue weighted by Crippen LogP contribution is -1.95. The van der Waals surface area contributed by atoms with Crippen molar-refractivity contribution in [2.24, 2.45) is 5.73 Å². The van der Waals surface area contributed by atoms with Crippen molar-refractivity contribution in [1.29, 1.82) is 0 Å². The molecule has 0 amide bonds. The Bertz CT molecular complexity index is 715. The number of rotatable bonds is 1. The molecule has 2 N–H and O–H groups in total. The van der Waals surface area contributed by atoms with Gasteiger partial charge in [0.1, 0.15) is 11.3 Å². The summed E-state index contributed by atoms with van der Waals surface area (Å²) in [6.07, 6.45) is 0. The van der Waals surface area contributed by atoms with Gasteiger partial charge in [-0.3, -0.25) is 0 Å². The summed E-state index contributed by atoms with van der Waals surface area (Å²) < 4.78 is 5.83. The Morgan fingerprint density at radius 2 is 1.88 bits per heavy atom. The SMILES string of the molecule is Cc1c(CN)oc2c1cc(Cl)c1ccccc12. The van der Waals surface area contributed by atoms with E-state index >= 15 is 0 Å². The predicted molar refractivity (Wildman–Crippen MR) is 71.4 cm³/mol. The van der Waals surface area contributed by atoms with Crippen LogP contribution >= 0.6 is 11.6 Å².